The molecule has 29 heavy (non-hydrogen) atoms. The minimum atomic E-state index is -0.148. The zero-order valence-corrected chi connectivity index (χ0v) is 19.1. The Hall–Kier alpha value is -2.01. The van der Waals surface area contributed by atoms with Gasteiger partial charge in [-0.1, -0.05) is 61.3 Å². The van der Waals surface area contributed by atoms with Crippen molar-refractivity contribution in [1.29, 1.82) is 0 Å². The van der Waals surface area contributed by atoms with Gasteiger partial charge < -0.3 is 10.1 Å². The van der Waals surface area contributed by atoms with Crippen molar-refractivity contribution < 1.29 is 9.53 Å². The molecule has 3 aromatic carbocycles. The maximum absolute atomic E-state index is 12.5. The van der Waals surface area contributed by atoms with Crippen LogP contribution in [0.3, 0.4) is 0 Å². The zero-order chi connectivity index (χ0) is 21.0. The number of hydrogen-bond acceptors (Lipinski definition) is 2. The highest BCUT2D eigenvalue weighted by Crippen LogP contribution is 2.36. The van der Waals surface area contributed by atoms with E-state index in [0.29, 0.717) is 27.2 Å². The van der Waals surface area contributed by atoms with Gasteiger partial charge in [0.25, 0.3) is 0 Å². The third-order valence-electron chi connectivity index (χ3n) is 4.33. The molecule has 150 valence electrons. The van der Waals surface area contributed by atoms with Crippen LogP contribution in [0.1, 0.15) is 30.9 Å². The fourth-order valence-corrected chi connectivity index (χ4v) is 3.54. The molecule has 0 bridgehead atoms. The van der Waals surface area contributed by atoms with Crippen LogP contribution in [-0.4, -0.2) is 5.91 Å². The molecule has 0 heterocycles. The number of hydrogen-bond donors (Lipinski definition) is 1. The number of carbonyl (C=O) groups is 1. The van der Waals surface area contributed by atoms with Gasteiger partial charge in [0.2, 0.25) is 5.91 Å². The van der Waals surface area contributed by atoms with E-state index in [4.69, 9.17) is 27.9 Å². The summed E-state index contributed by atoms with van der Waals surface area (Å²) in [5.74, 6) is 1.43. The minimum absolute atomic E-state index is 0.148. The van der Waals surface area contributed by atoms with Crippen molar-refractivity contribution in [2.75, 3.05) is 5.32 Å². The number of carbonyl (C=O) groups excluding carboxylic acids is 1. The number of ether oxygens (including phenoxy) is 1. The van der Waals surface area contributed by atoms with Crippen LogP contribution in [0.25, 0.3) is 0 Å². The second-order valence-corrected chi connectivity index (χ2v) is 8.61. The van der Waals surface area contributed by atoms with Crippen molar-refractivity contribution in [3.63, 3.8) is 0 Å². The Labute approximate surface area is 189 Å². The Balaban J connectivity index is 1.83. The van der Waals surface area contributed by atoms with Crippen LogP contribution in [0, 0.1) is 0 Å². The molecule has 0 spiro atoms. The summed E-state index contributed by atoms with van der Waals surface area (Å²) in [7, 11) is 0. The van der Waals surface area contributed by atoms with Gasteiger partial charge in [0.05, 0.1) is 21.6 Å². The van der Waals surface area contributed by atoms with Crippen LogP contribution < -0.4 is 10.1 Å². The summed E-state index contributed by atoms with van der Waals surface area (Å²) in [5, 5.41) is 3.94. The first-order valence-electron chi connectivity index (χ1n) is 9.13. The fourth-order valence-electron chi connectivity index (χ4n) is 2.87. The summed E-state index contributed by atoms with van der Waals surface area (Å²) < 4.78 is 6.96. The Morgan fingerprint density at radius 1 is 1.03 bits per heavy atom. The average Bonchev–Trinajstić information content (AvgIpc) is 2.66. The van der Waals surface area contributed by atoms with Crippen molar-refractivity contribution in [1.82, 2.24) is 0 Å². The van der Waals surface area contributed by atoms with Gasteiger partial charge in [-0.05, 0) is 63.3 Å². The molecule has 0 fully saturated rings. The van der Waals surface area contributed by atoms with Crippen LogP contribution in [0.15, 0.2) is 65.1 Å². The first-order chi connectivity index (χ1) is 13.8. The van der Waals surface area contributed by atoms with Crippen molar-refractivity contribution in [3.05, 3.63) is 86.3 Å². The lowest BCUT2D eigenvalue weighted by Gasteiger charge is -2.16. The van der Waals surface area contributed by atoms with Crippen molar-refractivity contribution >= 4 is 50.7 Å². The molecule has 0 saturated heterocycles. The molecule has 6 heteroatoms. The number of halogens is 3. The van der Waals surface area contributed by atoms with Gasteiger partial charge >= 0.3 is 0 Å². The number of benzene rings is 3. The summed E-state index contributed by atoms with van der Waals surface area (Å²) in [6, 6.07) is 18.4. The highest BCUT2D eigenvalue weighted by molar-refractivity contribution is 9.10. The maximum Gasteiger partial charge on any atom is 0.228 e. The highest BCUT2D eigenvalue weighted by atomic mass is 79.9. The molecule has 0 aromatic heterocycles. The SMILES string of the molecule is CC(C)c1ccc(CC(=O)Nc2ccccc2Cl)cc1Oc1cc(Cl)ccc1Br. The van der Waals surface area contributed by atoms with E-state index in [0.717, 1.165) is 15.6 Å². The number of para-hydroxylation sites is 1. The summed E-state index contributed by atoms with van der Waals surface area (Å²) in [4.78, 5) is 12.5. The van der Waals surface area contributed by atoms with Crippen molar-refractivity contribution in [2.24, 2.45) is 0 Å². The molecule has 0 radical (unpaired) electrons. The van der Waals surface area contributed by atoms with Crippen LogP contribution in [0.2, 0.25) is 10.0 Å². The third kappa shape index (κ3) is 5.75. The molecule has 1 amide bonds. The van der Waals surface area contributed by atoms with Crippen molar-refractivity contribution in [2.45, 2.75) is 26.2 Å². The van der Waals surface area contributed by atoms with Gasteiger partial charge in [-0.15, -0.1) is 0 Å². The van der Waals surface area contributed by atoms with Crippen LogP contribution in [0.4, 0.5) is 5.69 Å². The van der Waals surface area contributed by atoms with Crippen LogP contribution in [0.5, 0.6) is 11.5 Å². The average molecular weight is 493 g/mol. The van der Waals surface area contributed by atoms with Gasteiger partial charge in [0.15, 0.2) is 0 Å². The highest BCUT2D eigenvalue weighted by Gasteiger charge is 2.14. The number of anilines is 1. The van der Waals surface area contributed by atoms with Gasteiger partial charge in [-0.25, -0.2) is 0 Å². The summed E-state index contributed by atoms with van der Waals surface area (Å²) >= 11 is 15.7. The molecule has 0 aliphatic carbocycles. The van der Waals surface area contributed by atoms with Crippen LogP contribution >= 0.6 is 39.1 Å². The molecule has 0 unspecified atom stereocenters. The van der Waals surface area contributed by atoms with Gasteiger partial charge in [0, 0.05) is 11.1 Å². The number of nitrogens with one attached hydrogen (secondary N) is 1. The van der Waals surface area contributed by atoms with E-state index in [-0.39, 0.29) is 18.2 Å². The predicted molar refractivity (Wildman–Crippen MR) is 124 cm³/mol. The van der Waals surface area contributed by atoms with Gasteiger partial charge in [0.1, 0.15) is 11.5 Å². The minimum Gasteiger partial charge on any atom is -0.456 e. The molecular formula is C23H20BrCl2NO2. The van der Waals surface area contributed by atoms with Gasteiger partial charge in [-0.3, -0.25) is 4.79 Å². The second-order valence-electron chi connectivity index (χ2n) is 6.91. The number of amides is 1. The third-order valence-corrected chi connectivity index (χ3v) is 5.55. The molecule has 0 atom stereocenters. The second kappa shape index (κ2) is 9.66. The van der Waals surface area contributed by atoms with E-state index in [9.17, 15) is 4.79 Å². The van der Waals surface area contributed by atoms with E-state index >= 15 is 0 Å². The topological polar surface area (TPSA) is 38.3 Å². The largest absolute Gasteiger partial charge is 0.456 e. The fraction of sp³-hybridized carbons (Fsp3) is 0.174. The Kier molecular flexibility index (Phi) is 7.23. The summed E-state index contributed by atoms with van der Waals surface area (Å²) in [5.41, 5.74) is 2.48. The molecule has 3 nitrogen and oxygen atoms in total. The molecule has 0 aliphatic heterocycles. The van der Waals surface area contributed by atoms with Gasteiger partial charge in [-0.2, -0.15) is 0 Å². The lowest BCUT2D eigenvalue weighted by Crippen LogP contribution is -2.14. The predicted octanol–water partition coefficient (Wildman–Crippen LogP) is 7.85. The Morgan fingerprint density at radius 2 is 1.79 bits per heavy atom. The van der Waals surface area contributed by atoms with Crippen molar-refractivity contribution in [3.8, 4) is 11.5 Å². The molecule has 3 rings (SSSR count). The maximum atomic E-state index is 12.5. The van der Waals surface area contributed by atoms with E-state index < -0.39 is 0 Å². The molecule has 0 aliphatic rings. The monoisotopic (exact) mass is 491 g/mol. The Bertz CT molecular complexity index is 1040. The van der Waals surface area contributed by atoms with E-state index in [2.05, 4.69) is 35.1 Å². The zero-order valence-electron chi connectivity index (χ0n) is 16.0. The standard InChI is InChI=1S/C23H20BrCl2NO2/c1-14(2)17-9-7-15(12-23(28)27-20-6-4-3-5-19(20)26)11-21(17)29-22-13-16(25)8-10-18(22)24/h3-11,13-14H,12H2,1-2H3,(H,27,28). The first kappa shape index (κ1) is 21.7. The summed E-state index contributed by atoms with van der Waals surface area (Å²) in [6.45, 7) is 4.19. The lowest BCUT2D eigenvalue weighted by molar-refractivity contribution is -0.115. The van der Waals surface area contributed by atoms with E-state index in [1.165, 1.54) is 0 Å². The molecule has 0 saturated carbocycles. The summed E-state index contributed by atoms with van der Waals surface area (Å²) in [6.07, 6.45) is 0.205. The Morgan fingerprint density at radius 3 is 2.52 bits per heavy atom. The number of rotatable bonds is 6. The quantitative estimate of drug-likeness (QED) is 0.380. The lowest BCUT2D eigenvalue weighted by atomic mass is 9.99. The van der Waals surface area contributed by atoms with Crippen LogP contribution in [-0.2, 0) is 11.2 Å². The molecular weight excluding hydrogens is 473 g/mol. The smallest absolute Gasteiger partial charge is 0.228 e. The first-order valence-corrected chi connectivity index (χ1v) is 10.7. The molecule has 1 N–H and O–H groups in total. The van der Waals surface area contributed by atoms with E-state index in [1.54, 1.807) is 24.3 Å². The normalized spacial score (nSPS) is 10.8. The van der Waals surface area contributed by atoms with E-state index in [1.807, 2.05) is 36.4 Å². The molecule has 3 aromatic rings.